The molecule has 1 heterocycles. The van der Waals surface area contributed by atoms with Gasteiger partial charge in [0.2, 0.25) is 5.91 Å². The number of carboxylic acids is 1. The molecule has 0 aromatic heterocycles. The lowest BCUT2D eigenvalue weighted by molar-refractivity contribution is -0.141. The first kappa shape index (κ1) is 14.7. The van der Waals surface area contributed by atoms with Gasteiger partial charge in [0.15, 0.2) is 0 Å². The van der Waals surface area contributed by atoms with Crippen LogP contribution in [0.5, 0.6) is 0 Å². The first-order valence-corrected chi connectivity index (χ1v) is 6.49. The second-order valence-electron chi connectivity index (χ2n) is 5.80. The molecule has 1 atom stereocenters. The summed E-state index contributed by atoms with van der Waals surface area (Å²) in [5.74, 6) is -0.808. The number of piperidine rings is 1. The maximum Gasteiger partial charge on any atom is 0.303 e. The van der Waals surface area contributed by atoms with Crippen molar-refractivity contribution in [2.75, 3.05) is 6.54 Å². The van der Waals surface area contributed by atoms with E-state index < -0.39 is 11.4 Å². The van der Waals surface area contributed by atoms with E-state index >= 15 is 0 Å². The van der Waals surface area contributed by atoms with Gasteiger partial charge in [-0.2, -0.15) is 0 Å². The van der Waals surface area contributed by atoms with Crippen molar-refractivity contribution in [2.45, 2.75) is 52.0 Å². The summed E-state index contributed by atoms with van der Waals surface area (Å²) in [5, 5.41) is 8.83. The van der Waals surface area contributed by atoms with Crippen molar-refractivity contribution in [1.29, 1.82) is 0 Å². The Morgan fingerprint density at radius 2 is 2.06 bits per heavy atom. The molecule has 1 amide bonds. The molecular weight excluding hydrogens is 230 g/mol. The maximum absolute atomic E-state index is 12.2. The zero-order valence-corrected chi connectivity index (χ0v) is 11.3. The minimum Gasteiger partial charge on any atom is -0.481 e. The van der Waals surface area contributed by atoms with Crippen LogP contribution in [-0.4, -0.2) is 34.5 Å². The quantitative estimate of drug-likeness (QED) is 0.766. The van der Waals surface area contributed by atoms with Crippen molar-refractivity contribution in [3.63, 3.8) is 0 Å². The van der Waals surface area contributed by atoms with Gasteiger partial charge in [0.1, 0.15) is 0 Å². The highest BCUT2D eigenvalue weighted by atomic mass is 16.4. The minimum atomic E-state index is -0.855. The summed E-state index contributed by atoms with van der Waals surface area (Å²) in [6.45, 7) is 8.19. The highest BCUT2D eigenvalue weighted by Crippen LogP contribution is 2.28. The van der Waals surface area contributed by atoms with Crippen LogP contribution in [0, 0.1) is 5.41 Å². The van der Waals surface area contributed by atoms with Crippen LogP contribution in [-0.2, 0) is 9.59 Å². The zero-order valence-electron chi connectivity index (χ0n) is 11.3. The van der Waals surface area contributed by atoms with Gasteiger partial charge in [-0.1, -0.05) is 19.9 Å². The van der Waals surface area contributed by atoms with Crippen molar-refractivity contribution in [1.82, 2.24) is 4.90 Å². The third kappa shape index (κ3) is 4.17. The number of rotatable bonds is 5. The molecule has 0 spiro atoms. The van der Waals surface area contributed by atoms with Crippen molar-refractivity contribution in [2.24, 2.45) is 5.41 Å². The molecule has 0 bridgehead atoms. The molecule has 1 unspecified atom stereocenters. The van der Waals surface area contributed by atoms with Crippen molar-refractivity contribution >= 4 is 11.9 Å². The van der Waals surface area contributed by atoms with Crippen LogP contribution < -0.4 is 0 Å². The number of nitrogens with zero attached hydrogens (tertiary/aromatic N) is 1. The molecule has 1 aliphatic heterocycles. The lowest BCUT2D eigenvalue weighted by Gasteiger charge is -2.36. The second kappa shape index (κ2) is 6.03. The van der Waals surface area contributed by atoms with E-state index in [0.717, 1.165) is 25.8 Å². The summed E-state index contributed by atoms with van der Waals surface area (Å²) in [6.07, 6.45) is 5.24. The number of carbonyl (C=O) groups excluding carboxylic acids is 1. The summed E-state index contributed by atoms with van der Waals surface area (Å²) in [4.78, 5) is 24.8. The Morgan fingerprint density at radius 3 is 2.61 bits per heavy atom. The van der Waals surface area contributed by atoms with E-state index in [1.54, 1.807) is 0 Å². The Hall–Kier alpha value is -1.32. The molecule has 0 aliphatic carbocycles. The fourth-order valence-electron chi connectivity index (χ4n) is 2.49. The number of likely N-dealkylation sites (tertiary alicyclic amines) is 1. The summed E-state index contributed by atoms with van der Waals surface area (Å²) in [7, 11) is 0. The largest absolute Gasteiger partial charge is 0.481 e. The monoisotopic (exact) mass is 253 g/mol. The fraction of sp³-hybridized carbons (Fsp3) is 0.714. The molecule has 0 aromatic carbocycles. The number of aliphatic carboxylic acids is 1. The van der Waals surface area contributed by atoms with E-state index in [4.69, 9.17) is 5.11 Å². The molecule has 0 aromatic rings. The molecule has 0 saturated carbocycles. The van der Waals surface area contributed by atoms with Gasteiger partial charge in [0.05, 0.1) is 6.42 Å². The Balaban J connectivity index is 2.63. The summed E-state index contributed by atoms with van der Waals surface area (Å²) >= 11 is 0. The van der Waals surface area contributed by atoms with E-state index in [0.29, 0.717) is 0 Å². The third-order valence-electron chi connectivity index (χ3n) is 3.40. The number of amides is 1. The molecule has 1 rings (SSSR count). The van der Waals surface area contributed by atoms with Gasteiger partial charge in [-0.05, 0) is 24.7 Å². The SMILES string of the molecule is C=CC1CCCCN1C(=O)CC(C)(C)CC(=O)O. The van der Waals surface area contributed by atoms with Gasteiger partial charge in [-0.15, -0.1) is 6.58 Å². The maximum atomic E-state index is 12.2. The smallest absolute Gasteiger partial charge is 0.303 e. The predicted molar refractivity (Wildman–Crippen MR) is 70.2 cm³/mol. The van der Waals surface area contributed by atoms with E-state index in [-0.39, 0.29) is 24.8 Å². The van der Waals surface area contributed by atoms with Crippen LogP contribution in [0.2, 0.25) is 0 Å². The number of hydrogen-bond acceptors (Lipinski definition) is 2. The molecular formula is C14H23NO3. The molecule has 0 radical (unpaired) electrons. The van der Waals surface area contributed by atoms with Gasteiger partial charge >= 0.3 is 5.97 Å². The van der Waals surface area contributed by atoms with Crippen molar-refractivity contribution in [3.05, 3.63) is 12.7 Å². The van der Waals surface area contributed by atoms with E-state index in [2.05, 4.69) is 6.58 Å². The van der Waals surface area contributed by atoms with Gasteiger partial charge in [0.25, 0.3) is 0 Å². The molecule has 4 nitrogen and oxygen atoms in total. The first-order valence-electron chi connectivity index (χ1n) is 6.49. The third-order valence-corrected chi connectivity index (χ3v) is 3.40. The van der Waals surface area contributed by atoms with E-state index in [1.165, 1.54) is 0 Å². The van der Waals surface area contributed by atoms with Crippen molar-refractivity contribution in [3.8, 4) is 0 Å². The van der Waals surface area contributed by atoms with Crippen molar-refractivity contribution < 1.29 is 14.7 Å². The Labute approximate surface area is 109 Å². The molecule has 4 heteroatoms. The van der Waals surface area contributed by atoms with Crippen LogP contribution in [0.25, 0.3) is 0 Å². The average molecular weight is 253 g/mol. The van der Waals surface area contributed by atoms with Crippen LogP contribution in [0.15, 0.2) is 12.7 Å². The minimum absolute atomic E-state index is 0.0192. The second-order valence-corrected chi connectivity index (χ2v) is 5.80. The molecule has 1 fully saturated rings. The summed E-state index contributed by atoms with van der Waals surface area (Å²) in [6, 6.07) is 0.117. The molecule has 1 aliphatic rings. The highest BCUT2D eigenvalue weighted by molar-refractivity contribution is 5.78. The standard InChI is InChI=1S/C14H23NO3/c1-4-11-7-5-6-8-15(11)12(16)9-14(2,3)10-13(17)18/h4,11H,1,5-10H2,2-3H3,(H,17,18). The normalized spacial score (nSPS) is 20.6. The molecule has 1 saturated heterocycles. The average Bonchev–Trinajstić information content (AvgIpc) is 2.26. The van der Waals surface area contributed by atoms with Gasteiger partial charge < -0.3 is 10.0 Å². The molecule has 1 N–H and O–H groups in total. The lowest BCUT2D eigenvalue weighted by atomic mass is 9.84. The van der Waals surface area contributed by atoms with Gasteiger partial charge in [-0.25, -0.2) is 0 Å². The van der Waals surface area contributed by atoms with Crippen LogP contribution in [0.4, 0.5) is 0 Å². The molecule has 102 valence electrons. The highest BCUT2D eigenvalue weighted by Gasteiger charge is 2.30. The summed E-state index contributed by atoms with van der Waals surface area (Å²) < 4.78 is 0. The number of carboxylic acid groups (broad SMARTS) is 1. The predicted octanol–water partition coefficient (Wildman–Crippen LogP) is 2.44. The summed E-state index contributed by atoms with van der Waals surface area (Å²) in [5.41, 5.74) is -0.494. The van der Waals surface area contributed by atoms with Gasteiger partial charge in [0, 0.05) is 19.0 Å². The van der Waals surface area contributed by atoms with E-state index in [1.807, 2.05) is 24.8 Å². The Kier molecular flexibility index (Phi) is 4.93. The topological polar surface area (TPSA) is 57.6 Å². The Bertz CT molecular complexity index is 336. The van der Waals surface area contributed by atoms with Gasteiger partial charge in [-0.3, -0.25) is 9.59 Å². The van der Waals surface area contributed by atoms with Crippen LogP contribution in [0.1, 0.15) is 46.0 Å². The number of carbonyl (C=O) groups is 2. The van der Waals surface area contributed by atoms with Crippen LogP contribution in [0.3, 0.4) is 0 Å². The zero-order chi connectivity index (χ0) is 13.8. The fourth-order valence-corrected chi connectivity index (χ4v) is 2.49. The van der Waals surface area contributed by atoms with Crippen LogP contribution >= 0.6 is 0 Å². The van der Waals surface area contributed by atoms with E-state index in [9.17, 15) is 9.59 Å². The lowest BCUT2D eigenvalue weighted by Crippen LogP contribution is -2.44. The first-order chi connectivity index (χ1) is 8.35. The number of hydrogen-bond donors (Lipinski definition) is 1. The Morgan fingerprint density at radius 1 is 1.39 bits per heavy atom. The molecule has 18 heavy (non-hydrogen) atoms.